The van der Waals surface area contributed by atoms with Crippen molar-refractivity contribution in [3.8, 4) is 11.3 Å². The third-order valence-corrected chi connectivity index (χ3v) is 6.13. The van der Waals surface area contributed by atoms with Crippen LogP contribution in [0.1, 0.15) is 49.3 Å². The van der Waals surface area contributed by atoms with Gasteiger partial charge < -0.3 is 20.9 Å². The molecule has 7 nitrogen and oxygen atoms in total. The number of nitrogens with one attached hydrogen (secondary N) is 1. The summed E-state index contributed by atoms with van der Waals surface area (Å²) in [5.74, 6) is -3.73. The van der Waals surface area contributed by atoms with Gasteiger partial charge >= 0.3 is 0 Å². The molecular formula is C26H27F3N4O3. The molecule has 0 unspecified atom stereocenters. The Bertz CT molecular complexity index is 1260. The number of ether oxygens (including phenoxy) is 1. The first-order valence-corrected chi connectivity index (χ1v) is 11.4. The molecule has 4 atom stereocenters. The van der Waals surface area contributed by atoms with Crippen LogP contribution in [0.2, 0.25) is 0 Å². The predicted octanol–water partition coefficient (Wildman–Crippen LogP) is 4.38. The topological polar surface area (TPSA) is 110 Å². The molecule has 10 heteroatoms. The molecule has 4 N–H and O–H groups in total. The summed E-state index contributed by atoms with van der Waals surface area (Å²) in [7, 11) is 0. The minimum atomic E-state index is -1.00. The number of benzene rings is 1. The highest BCUT2D eigenvalue weighted by molar-refractivity contribution is 6.03. The second-order valence-corrected chi connectivity index (χ2v) is 9.84. The SMILES string of the molecule is CC(C)(C)[C@@H]1O[C@H](c2ccncc2NC(=O)c2ccc(F)c(-c3c(F)cccc3F)n2)C[C@@H](N)[C@H]1O. The minimum absolute atomic E-state index is 0.256. The van der Waals surface area contributed by atoms with Crippen molar-refractivity contribution < 1.29 is 27.8 Å². The van der Waals surface area contributed by atoms with E-state index in [1.807, 2.05) is 20.8 Å². The van der Waals surface area contributed by atoms with E-state index < -0.39 is 64.4 Å². The van der Waals surface area contributed by atoms with Crippen molar-refractivity contribution in [2.45, 2.75) is 51.5 Å². The summed E-state index contributed by atoms with van der Waals surface area (Å²) >= 11 is 0. The van der Waals surface area contributed by atoms with Crippen LogP contribution < -0.4 is 11.1 Å². The summed E-state index contributed by atoms with van der Waals surface area (Å²) in [5, 5.41) is 13.2. The molecule has 0 spiro atoms. The van der Waals surface area contributed by atoms with Crippen LogP contribution >= 0.6 is 0 Å². The van der Waals surface area contributed by atoms with Crippen molar-refractivity contribution >= 4 is 11.6 Å². The summed E-state index contributed by atoms with van der Waals surface area (Å²) in [5.41, 5.74) is 5.15. The average Bonchev–Trinajstić information content (AvgIpc) is 2.81. The molecule has 36 heavy (non-hydrogen) atoms. The zero-order chi connectivity index (χ0) is 26.2. The normalized spacial score (nSPS) is 22.3. The van der Waals surface area contributed by atoms with Crippen molar-refractivity contribution in [2.75, 3.05) is 5.32 Å². The Kier molecular flexibility index (Phi) is 7.12. The number of carbonyl (C=O) groups excluding carboxylic acids is 1. The van der Waals surface area contributed by atoms with Crippen LogP contribution in [0.15, 0.2) is 48.8 Å². The van der Waals surface area contributed by atoms with Crippen LogP contribution in [0.5, 0.6) is 0 Å². The van der Waals surface area contributed by atoms with Crippen molar-refractivity contribution in [1.29, 1.82) is 0 Å². The second-order valence-electron chi connectivity index (χ2n) is 9.84. The van der Waals surface area contributed by atoms with Gasteiger partial charge in [-0.1, -0.05) is 26.8 Å². The number of hydrogen-bond acceptors (Lipinski definition) is 6. The molecule has 1 amide bonds. The van der Waals surface area contributed by atoms with Gasteiger partial charge in [0.15, 0.2) is 0 Å². The molecule has 1 aliphatic heterocycles. The van der Waals surface area contributed by atoms with Gasteiger partial charge in [0.1, 0.15) is 28.8 Å². The molecule has 1 saturated heterocycles. The maximum absolute atomic E-state index is 14.4. The van der Waals surface area contributed by atoms with Crippen LogP contribution in [-0.2, 0) is 4.74 Å². The number of halogens is 3. The lowest BCUT2D eigenvalue weighted by molar-refractivity contribution is -0.167. The first-order chi connectivity index (χ1) is 17.0. The third kappa shape index (κ3) is 5.11. The monoisotopic (exact) mass is 500 g/mol. The zero-order valence-electron chi connectivity index (χ0n) is 20.0. The number of amides is 1. The number of anilines is 1. The van der Waals surface area contributed by atoms with Gasteiger partial charge in [0.25, 0.3) is 5.91 Å². The molecule has 0 radical (unpaired) electrons. The second kappa shape index (κ2) is 9.96. The Balaban J connectivity index is 1.64. The van der Waals surface area contributed by atoms with Crippen LogP contribution in [0.25, 0.3) is 11.3 Å². The van der Waals surface area contributed by atoms with Crippen molar-refractivity contribution in [3.63, 3.8) is 0 Å². The molecule has 190 valence electrons. The number of pyridine rings is 2. The van der Waals surface area contributed by atoms with E-state index in [0.717, 1.165) is 30.3 Å². The van der Waals surface area contributed by atoms with Crippen molar-refractivity contribution in [1.82, 2.24) is 9.97 Å². The van der Waals surface area contributed by atoms with Gasteiger partial charge in [0.2, 0.25) is 0 Å². The minimum Gasteiger partial charge on any atom is -0.389 e. The fourth-order valence-corrected chi connectivity index (χ4v) is 4.29. The van der Waals surface area contributed by atoms with E-state index in [-0.39, 0.29) is 5.69 Å². The zero-order valence-corrected chi connectivity index (χ0v) is 20.0. The van der Waals surface area contributed by atoms with E-state index >= 15 is 0 Å². The van der Waals surface area contributed by atoms with Gasteiger partial charge in [-0.2, -0.15) is 0 Å². The molecule has 1 aliphatic rings. The molecule has 0 saturated carbocycles. The number of hydrogen-bond donors (Lipinski definition) is 3. The Hall–Kier alpha value is -3.34. The standard InChI is InChI=1S/C26H27F3N4O3/c1-26(2,3)24-23(34)17(30)11-20(36-24)13-9-10-31-12-19(13)33-25(35)18-8-7-16(29)22(32-18)21-14(27)5-4-6-15(21)28/h4-10,12,17,20,23-24,34H,11,30H2,1-3H3,(H,33,35)/t17-,20+,23-,24-/m1/s1. The number of nitrogens with two attached hydrogens (primary N) is 1. The Morgan fingerprint density at radius 3 is 2.47 bits per heavy atom. The molecule has 1 aromatic carbocycles. The molecule has 3 aromatic rings. The summed E-state index contributed by atoms with van der Waals surface area (Å²) in [6.07, 6.45) is 1.29. The van der Waals surface area contributed by atoms with Gasteiger partial charge in [-0.3, -0.25) is 9.78 Å². The van der Waals surface area contributed by atoms with Gasteiger partial charge in [0, 0.05) is 17.8 Å². The van der Waals surface area contributed by atoms with E-state index in [4.69, 9.17) is 10.5 Å². The van der Waals surface area contributed by atoms with Gasteiger partial charge in [-0.25, -0.2) is 18.2 Å². The third-order valence-electron chi connectivity index (χ3n) is 6.13. The quantitative estimate of drug-likeness (QED) is 0.491. The fourth-order valence-electron chi connectivity index (χ4n) is 4.29. The van der Waals surface area contributed by atoms with Crippen LogP contribution in [0.3, 0.4) is 0 Å². The van der Waals surface area contributed by atoms with E-state index in [9.17, 15) is 23.1 Å². The molecular weight excluding hydrogens is 473 g/mol. The highest BCUT2D eigenvalue weighted by Gasteiger charge is 2.43. The number of aromatic nitrogens is 2. The molecule has 0 aliphatic carbocycles. The number of aliphatic hydroxyl groups excluding tert-OH is 1. The molecule has 0 bridgehead atoms. The van der Waals surface area contributed by atoms with Crippen LogP contribution in [-0.4, -0.2) is 39.2 Å². The van der Waals surface area contributed by atoms with E-state index in [1.54, 1.807) is 6.07 Å². The molecule has 3 heterocycles. The highest BCUT2D eigenvalue weighted by Crippen LogP contribution is 2.40. The van der Waals surface area contributed by atoms with Crippen molar-refractivity contribution in [2.24, 2.45) is 11.1 Å². The first kappa shape index (κ1) is 25.7. The van der Waals surface area contributed by atoms with E-state index in [2.05, 4.69) is 15.3 Å². The molecule has 1 fully saturated rings. The van der Waals surface area contributed by atoms with Gasteiger partial charge in [0.05, 0.1) is 35.8 Å². The number of carbonyl (C=O) groups is 1. The average molecular weight is 501 g/mol. The van der Waals surface area contributed by atoms with Gasteiger partial charge in [-0.05, 0) is 42.2 Å². The number of nitrogens with zero attached hydrogens (tertiary/aromatic N) is 2. The van der Waals surface area contributed by atoms with E-state index in [0.29, 0.717) is 17.7 Å². The number of aliphatic hydroxyl groups is 1. The van der Waals surface area contributed by atoms with Crippen LogP contribution in [0, 0.1) is 22.9 Å². The lowest BCUT2D eigenvalue weighted by Gasteiger charge is -2.44. The summed E-state index contributed by atoms with van der Waals surface area (Å²) in [6.45, 7) is 5.80. The summed E-state index contributed by atoms with van der Waals surface area (Å²) in [4.78, 5) is 21.0. The fraction of sp³-hybridized carbons (Fsp3) is 0.346. The Morgan fingerprint density at radius 2 is 1.81 bits per heavy atom. The van der Waals surface area contributed by atoms with Crippen LogP contribution in [0.4, 0.5) is 18.9 Å². The summed E-state index contributed by atoms with van der Waals surface area (Å²) < 4.78 is 49.1. The maximum atomic E-state index is 14.4. The largest absolute Gasteiger partial charge is 0.389 e. The molecule has 2 aromatic heterocycles. The highest BCUT2D eigenvalue weighted by atomic mass is 19.1. The van der Waals surface area contributed by atoms with Crippen molar-refractivity contribution in [3.05, 3.63) is 77.5 Å². The molecule has 4 rings (SSSR count). The maximum Gasteiger partial charge on any atom is 0.274 e. The lowest BCUT2D eigenvalue weighted by Crippen LogP contribution is -2.54. The first-order valence-electron chi connectivity index (χ1n) is 11.4. The smallest absolute Gasteiger partial charge is 0.274 e. The van der Waals surface area contributed by atoms with E-state index in [1.165, 1.54) is 12.4 Å². The lowest BCUT2D eigenvalue weighted by atomic mass is 9.79. The Morgan fingerprint density at radius 1 is 1.11 bits per heavy atom. The predicted molar refractivity (Wildman–Crippen MR) is 127 cm³/mol. The number of rotatable bonds is 4. The summed E-state index contributed by atoms with van der Waals surface area (Å²) in [6, 6.07) is 6.25. The Labute approximate surface area is 206 Å². The van der Waals surface area contributed by atoms with Gasteiger partial charge in [-0.15, -0.1) is 0 Å².